The summed E-state index contributed by atoms with van der Waals surface area (Å²) in [6.45, 7) is 0. The first-order chi connectivity index (χ1) is 16.4. The van der Waals surface area contributed by atoms with Crippen molar-refractivity contribution < 1.29 is 4.42 Å². The molecular formula is C30H20N2O. The van der Waals surface area contributed by atoms with Crippen molar-refractivity contribution in [2.75, 3.05) is 5.32 Å². The van der Waals surface area contributed by atoms with Gasteiger partial charge in [-0.1, -0.05) is 66.7 Å². The van der Waals surface area contributed by atoms with Crippen LogP contribution in [0.4, 0.5) is 11.4 Å². The lowest BCUT2D eigenvalue weighted by Crippen LogP contribution is -1.94. The number of para-hydroxylation sites is 4. The maximum atomic E-state index is 6.21. The SMILES string of the molecule is c1ccc(-n2c3ccccc3c3cc(Nc4cccc5c4oc4ccccc45)ccc32)cc1. The predicted octanol–water partition coefficient (Wildman–Crippen LogP) is 8.43. The fourth-order valence-electron chi connectivity index (χ4n) is 4.91. The average molecular weight is 425 g/mol. The van der Waals surface area contributed by atoms with Crippen molar-refractivity contribution in [3.8, 4) is 5.69 Å². The van der Waals surface area contributed by atoms with E-state index in [0.29, 0.717) is 0 Å². The molecule has 0 fully saturated rings. The molecule has 7 rings (SSSR count). The van der Waals surface area contributed by atoms with Crippen molar-refractivity contribution in [3.63, 3.8) is 0 Å². The smallest absolute Gasteiger partial charge is 0.158 e. The van der Waals surface area contributed by atoms with Crippen molar-refractivity contribution in [3.05, 3.63) is 115 Å². The highest BCUT2D eigenvalue weighted by Gasteiger charge is 2.14. The first-order valence-electron chi connectivity index (χ1n) is 11.1. The maximum absolute atomic E-state index is 6.21. The van der Waals surface area contributed by atoms with E-state index in [4.69, 9.17) is 4.42 Å². The van der Waals surface area contributed by atoms with E-state index in [2.05, 4.69) is 107 Å². The number of aromatic nitrogens is 1. The molecule has 3 heteroatoms. The summed E-state index contributed by atoms with van der Waals surface area (Å²) in [6.07, 6.45) is 0. The van der Waals surface area contributed by atoms with Crippen molar-refractivity contribution >= 4 is 55.1 Å². The van der Waals surface area contributed by atoms with E-state index in [9.17, 15) is 0 Å². The van der Waals surface area contributed by atoms with Gasteiger partial charge in [-0.05, 0) is 48.5 Å². The molecule has 1 N–H and O–H groups in total. The van der Waals surface area contributed by atoms with Crippen LogP contribution in [0.5, 0.6) is 0 Å². The lowest BCUT2D eigenvalue weighted by molar-refractivity contribution is 0.670. The molecule has 0 saturated heterocycles. The van der Waals surface area contributed by atoms with E-state index < -0.39 is 0 Å². The minimum Gasteiger partial charge on any atom is -0.454 e. The highest BCUT2D eigenvalue weighted by molar-refractivity contribution is 6.11. The summed E-state index contributed by atoms with van der Waals surface area (Å²) in [7, 11) is 0. The number of nitrogens with one attached hydrogen (secondary N) is 1. The first kappa shape index (κ1) is 18.1. The van der Waals surface area contributed by atoms with Crippen LogP contribution >= 0.6 is 0 Å². The van der Waals surface area contributed by atoms with E-state index >= 15 is 0 Å². The summed E-state index contributed by atoms with van der Waals surface area (Å²) in [6, 6.07) is 40.1. The third kappa shape index (κ3) is 2.76. The standard InChI is InChI=1S/C30H20N2O/c1-2-9-21(10-3-1)32-27-15-6-4-11-22(27)25-19-20(17-18-28(25)32)31-26-14-8-13-24-23-12-5-7-16-29(23)33-30(24)26/h1-19,31H. The molecule has 7 aromatic rings. The Morgan fingerprint density at radius 3 is 2.18 bits per heavy atom. The van der Waals surface area contributed by atoms with Crippen molar-refractivity contribution in [2.45, 2.75) is 0 Å². The number of fused-ring (bicyclic) bond motifs is 6. The van der Waals surface area contributed by atoms with Gasteiger partial charge in [0.15, 0.2) is 5.58 Å². The van der Waals surface area contributed by atoms with Gasteiger partial charge in [0.25, 0.3) is 0 Å². The summed E-state index contributed by atoms with van der Waals surface area (Å²) < 4.78 is 8.54. The van der Waals surface area contributed by atoms with E-state index in [1.807, 2.05) is 18.2 Å². The number of hydrogen-bond donors (Lipinski definition) is 1. The van der Waals surface area contributed by atoms with Gasteiger partial charge in [0, 0.05) is 32.9 Å². The lowest BCUT2D eigenvalue weighted by Gasteiger charge is -2.09. The van der Waals surface area contributed by atoms with E-state index in [1.54, 1.807) is 0 Å². The second kappa shape index (κ2) is 7.01. The third-order valence-electron chi connectivity index (χ3n) is 6.37. The molecule has 0 aliphatic carbocycles. The van der Waals surface area contributed by atoms with Gasteiger partial charge in [-0.2, -0.15) is 0 Å². The molecule has 0 radical (unpaired) electrons. The minimum absolute atomic E-state index is 0.880. The molecule has 2 heterocycles. The Hall–Kier alpha value is -4.50. The van der Waals surface area contributed by atoms with Gasteiger partial charge in [0.1, 0.15) is 5.58 Å². The second-order valence-electron chi connectivity index (χ2n) is 8.33. The predicted molar refractivity (Wildman–Crippen MR) is 138 cm³/mol. The molecule has 0 amide bonds. The van der Waals surface area contributed by atoms with Crippen molar-refractivity contribution in [1.82, 2.24) is 4.57 Å². The summed E-state index contributed by atoms with van der Waals surface area (Å²) >= 11 is 0. The molecule has 2 aromatic heterocycles. The number of nitrogens with zero attached hydrogens (tertiary/aromatic N) is 1. The van der Waals surface area contributed by atoms with Gasteiger partial charge in [-0.25, -0.2) is 0 Å². The molecule has 0 unspecified atom stereocenters. The number of rotatable bonds is 3. The van der Waals surface area contributed by atoms with Crippen LogP contribution in [0.25, 0.3) is 49.4 Å². The van der Waals surface area contributed by atoms with Gasteiger partial charge in [0.2, 0.25) is 0 Å². The van der Waals surface area contributed by atoms with Gasteiger partial charge >= 0.3 is 0 Å². The molecule has 5 aromatic carbocycles. The number of furan rings is 1. The Bertz CT molecular complexity index is 1790. The Kier molecular flexibility index (Phi) is 3.84. The summed E-state index contributed by atoms with van der Waals surface area (Å²) in [5, 5.41) is 8.33. The number of hydrogen-bond acceptors (Lipinski definition) is 2. The van der Waals surface area contributed by atoms with Gasteiger partial charge in [-0.3, -0.25) is 0 Å². The maximum Gasteiger partial charge on any atom is 0.158 e. The normalized spacial score (nSPS) is 11.6. The van der Waals surface area contributed by atoms with Crippen LogP contribution in [0.1, 0.15) is 0 Å². The highest BCUT2D eigenvalue weighted by atomic mass is 16.3. The summed E-state index contributed by atoms with van der Waals surface area (Å²) in [4.78, 5) is 0. The van der Waals surface area contributed by atoms with Gasteiger partial charge in [0.05, 0.1) is 16.7 Å². The van der Waals surface area contributed by atoms with Crippen LogP contribution in [0.3, 0.4) is 0 Å². The van der Waals surface area contributed by atoms with Crippen LogP contribution < -0.4 is 5.32 Å². The van der Waals surface area contributed by atoms with Crippen LogP contribution in [0.15, 0.2) is 120 Å². The fourth-order valence-corrected chi connectivity index (χ4v) is 4.91. The summed E-state index contributed by atoms with van der Waals surface area (Å²) in [5.74, 6) is 0. The highest BCUT2D eigenvalue weighted by Crippen LogP contribution is 2.37. The van der Waals surface area contributed by atoms with E-state index in [-0.39, 0.29) is 0 Å². The Balaban J connectivity index is 1.41. The van der Waals surface area contributed by atoms with Gasteiger partial charge in [-0.15, -0.1) is 0 Å². The summed E-state index contributed by atoms with van der Waals surface area (Å²) in [5.41, 5.74) is 7.34. The molecule has 0 aliphatic rings. The van der Waals surface area contributed by atoms with Crippen LogP contribution in [0, 0.1) is 0 Å². The zero-order chi connectivity index (χ0) is 21.8. The lowest BCUT2D eigenvalue weighted by atomic mass is 10.1. The molecular weight excluding hydrogens is 404 g/mol. The fraction of sp³-hybridized carbons (Fsp3) is 0. The zero-order valence-electron chi connectivity index (χ0n) is 17.8. The van der Waals surface area contributed by atoms with Crippen LogP contribution in [0.2, 0.25) is 0 Å². The van der Waals surface area contributed by atoms with Gasteiger partial charge < -0.3 is 14.3 Å². The average Bonchev–Trinajstić information content (AvgIpc) is 3.41. The molecule has 156 valence electrons. The topological polar surface area (TPSA) is 30.1 Å². The molecule has 0 spiro atoms. The number of benzene rings is 5. The molecule has 0 bridgehead atoms. The first-order valence-corrected chi connectivity index (χ1v) is 11.1. The molecule has 0 saturated carbocycles. The zero-order valence-corrected chi connectivity index (χ0v) is 17.8. The second-order valence-corrected chi connectivity index (χ2v) is 8.33. The molecule has 0 atom stereocenters. The van der Waals surface area contributed by atoms with Crippen molar-refractivity contribution in [2.24, 2.45) is 0 Å². The Labute approximate surface area is 190 Å². The van der Waals surface area contributed by atoms with Crippen molar-refractivity contribution in [1.29, 1.82) is 0 Å². The molecule has 3 nitrogen and oxygen atoms in total. The monoisotopic (exact) mass is 424 g/mol. The largest absolute Gasteiger partial charge is 0.454 e. The Morgan fingerprint density at radius 2 is 1.27 bits per heavy atom. The molecule has 33 heavy (non-hydrogen) atoms. The van der Waals surface area contributed by atoms with E-state index in [0.717, 1.165) is 39.0 Å². The quantitative estimate of drug-likeness (QED) is 0.308. The van der Waals surface area contributed by atoms with Crippen LogP contribution in [-0.2, 0) is 0 Å². The minimum atomic E-state index is 0.880. The van der Waals surface area contributed by atoms with Crippen LogP contribution in [-0.4, -0.2) is 4.57 Å². The molecule has 0 aliphatic heterocycles. The Morgan fingerprint density at radius 1 is 0.545 bits per heavy atom. The third-order valence-corrected chi connectivity index (χ3v) is 6.37. The van der Waals surface area contributed by atoms with E-state index in [1.165, 1.54) is 21.8 Å². The number of anilines is 2.